The van der Waals surface area contributed by atoms with Gasteiger partial charge in [0.05, 0.1) is 11.2 Å². The maximum Gasteiger partial charge on any atom is 0.123 e. The summed E-state index contributed by atoms with van der Waals surface area (Å²) in [5.41, 5.74) is 4.25. The normalized spacial score (nSPS) is 17.2. The molecular weight excluding hydrogens is 259 g/mol. The molecule has 0 atom stereocenters. The number of nitrogens with zero attached hydrogens (tertiary/aromatic N) is 1. The van der Waals surface area contributed by atoms with Crippen LogP contribution in [0.3, 0.4) is 0 Å². The minimum Gasteiger partial charge on any atom is -0.315 e. The van der Waals surface area contributed by atoms with Gasteiger partial charge < -0.3 is 5.32 Å². The molecule has 100 valence electrons. The summed E-state index contributed by atoms with van der Waals surface area (Å²) in [4.78, 5) is 5.64. The van der Waals surface area contributed by atoms with E-state index in [1.165, 1.54) is 10.9 Å². The number of aromatic nitrogens is 1. The van der Waals surface area contributed by atoms with Gasteiger partial charge in [-0.3, -0.25) is 0 Å². The quantitative estimate of drug-likeness (QED) is 0.928. The predicted molar refractivity (Wildman–Crippen MR) is 76.1 cm³/mol. The molecule has 0 spiro atoms. The maximum atomic E-state index is 13.4. The minimum absolute atomic E-state index is 0.0958. The fourth-order valence-electron chi connectivity index (χ4n) is 2.69. The van der Waals surface area contributed by atoms with Crippen LogP contribution < -0.4 is 5.32 Å². The lowest BCUT2D eigenvalue weighted by atomic mass is 9.72. The van der Waals surface area contributed by atoms with E-state index in [2.05, 4.69) is 17.2 Å². The number of nitrogens with one attached hydrogen (secondary N) is 1. The third-order valence-electron chi connectivity index (χ3n) is 4.04. The standard InChI is InChI=1S/C15H17FN2S/c1-11-14(19-10-18-11)5-6-15(8-17-9-15)12-3-2-4-13(16)7-12/h2-4,7,10,17H,5-6,8-9H2,1H3. The predicted octanol–water partition coefficient (Wildman–Crippen LogP) is 3.06. The first-order valence-electron chi connectivity index (χ1n) is 6.55. The van der Waals surface area contributed by atoms with Crippen molar-refractivity contribution >= 4 is 11.3 Å². The molecule has 19 heavy (non-hydrogen) atoms. The highest BCUT2D eigenvalue weighted by atomic mass is 32.1. The highest BCUT2D eigenvalue weighted by Gasteiger charge is 2.38. The van der Waals surface area contributed by atoms with Crippen molar-refractivity contribution in [3.05, 3.63) is 51.7 Å². The summed E-state index contributed by atoms with van der Waals surface area (Å²) in [5.74, 6) is -0.141. The molecule has 0 unspecified atom stereocenters. The van der Waals surface area contributed by atoms with E-state index in [-0.39, 0.29) is 11.2 Å². The summed E-state index contributed by atoms with van der Waals surface area (Å²) < 4.78 is 13.4. The number of hydrogen-bond acceptors (Lipinski definition) is 3. The molecule has 0 radical (unpaired) electrons. The van der Waals surface area contributed by atoms with E-state index in [1.807, 2.05) is 17.6 Å². The van der Waals surface area contributed by atoms with Crippen molar-refractivity contribution in [2.45, 2.75) is 25.2 Å². The van der Waals surface area contributed by atoms with Gasteiger partial charge in [-0.25, -0.2) is 9.37 Å². The molecule has 1 saturated heterocycles. The highest BCUT2D eigenvalue weighted by molar-refractivity contribution is 7.09. The second kappa shape index (κ2) is 5.02. The largest absolute Gasteiger partial charge is 0.315 e. The van der Waals surface area contributed by atoms with E-state index < -0.39 is 0 Å². The molecule has 0 aliphatic carbocycles. The van der Waals surface area contributed by atoms with Gasteiger partial charge in [0.25, 0.3) is 0 Å². The third kappa shape index (κ3) is 2.42. The van der Waals surface area contributed by atoms with Crippen LogP contribution in [-0.2, 0) is 11.8 Å². The van der Waals surface area contributed by atoms with Crippen LogP contribution in [0.5, 0.6) is 0 Å². The molecule has 0 bridgehead atoms. The van der Waals surface area contributed by atoms with Gasteiger partial charge in [0.15, 0.2) is 0 Å². The Bertz CT molecular complexity index is 575. The van der Waals surface area contributed by atoms with Crippen LogP contribution in [0, 0.1) is 12.7 Å². The Kier molecular flexibility index (Phi) is 3.37. The van der Waals surface area contributed by atoms with Crippen LogP contribution in [0.1, 0.15) is 22.6 Å². The molecule has 1 N–H and O–H groups in total. The fourth-order valence-corrected chi connectivity index (χ4v) is 3.47. The third-order valence-corrected chi connectivity index (χ3v) is 5.03. The zero-order valence-corrected chi connectivity index (χ0v) is 11.8. The number of aryl methyl sites for hydroxylation is 2. The average Bonchev–Trinajstić information content (AvgIpc) is 2.74. The number of rotatable bonds is 4. The molecular formula is C15H17FN2S. The van der Waals surface area contributed by atoms with Gasteiger partial charge in [-0.1, -0.05) is 12.1 Å². The fraction of sp³-hybridized carbons (Fsp3) is 0.400. The van der Waals surface area contributed by atoms with Crippen molar-refractivity contribution in [1.82, 2.24) is 10.3 Å². The summed E-state index contributed by atoms with van der Waals surface area (Å²) >= 11 is 1.72. The first-order chi connectivity index (χ1) is 9.20. The van der Waals surface area contributed by atoms with Crippen molar-refractivity contribution in [2.24, 2.45) is 0 Å². The van der Waals surface area contributed by atoms with Crippen LogP contribution >= 0.6 is 11.3 Å². The minimum atomic E-state index is -0.141. The molecule has 2 aromatic rings. The smallest absolute Gasteiger partial charge is 0.123 e. The molecule has 1 aromatic heterocycles. The Morgan fingerprint density at radius 3 is 2.84 bits per heavy atom. The second-order valence-corrected chi connectivity index (χ2v) is 6.19. The van der Waals surface area contributed by atoms with E-state index in [0.29, 0.717) is 0 Å². The second-order valence-electron chi connectivity index (χ2n) is 5.26. The van der Waals surface area contributed by atoms with Crippen LogP contribution in [0.15, 0.2) is 29.8 Å². The zero-order valence-electron chi connectivity index (χ0n) is 10.9. The van der Waals surface area contributed by atoms with Crippen LogP contribution in [-0.4, -0.2) is 18.1 Å². The first-order valence-corrected chi connectivity index (χ1v) is 7.43. The summed E-state index contributed by atoms with van der Waals surface area (Å²) in [5, 5.41) is 3.33. The van der Waals surface area contributed by atoms with Crippen molar-refractivity contribution < 1.29 is 4.39 Å². The SMILES string of the molecule is Cc1ncsc1CCC1(c2cccc(F)c2)CNC1. The van der Waals surface area contributed by atoms with Crippen molar-refractivity contribution in [3.63, 3.8) is 0 Å². The zero-order chi connectivity index (χ0) is 13.3. The van der Waals surface area contributed by atoms with Gasteiger partial charge in [0.1, 0.15) is 5.82 Å². The number of benzene rings is 1. The molecule has 1 aliphatic rings. The topological polar surface area (TPSA) is 24.9 Å². The van der Waals surface area contributed by atoms with Crippen molar-refractivity contribution in [2.75, 3.05) is 13.1 Å². The molecule has 3 rings (SSSR count). The van der Waals surface area contributed by atoms with E-state index in [0.717, 1.165) is 37.2 Å². The summed E-state index contributed by atoms with van der Waals surface area (Å²) in [7, 11) is 0. The Morgan fingerprint density at radius 2 is 2.26 bits per heavy atom. The summed E-state index contributed by atoms with van der Waals surface area (Å²) in [6, 6.07) is 7.04. The molecule has 0 saturated carbocycles. The van der Waals surface area contributed by atoms with Gasteiger partial charge in [0.2, 0.25) is 0 Å². The van der Waals surface area contributed by atoms with E-state index >= 15 is 0 Å². The Balaban J connectivity index is 1.78. The van der Waals surface area contributed by atoms with Gasteiger partial charge >= 0.3 is 0 Å². The van der Waals surface area contributed by atoms with Crippen molar-refractivity contribution in [3.8, 4) is 0 Å². The van der Waals surface area contributed by atoms with Crippen LogP contribution in [0.25, 0.3) is 0 Å². The van der Waals surface area contributed by atoms with Gasteiger partial charge in [-0.2, -0.15) is 0 Å². The number of halogens is 1. The van der Waals surface area contributed by atoms with Crippen molar-refractivity contribution in [1.29, 1.82) is 0 Å². The lowest BCUT2D eigenvalue weighted by Crippen LogP contribution is -2.57. The maximum absolute atomic E-state index is 13.4. The van der Waals surface area contributed by atoms with E-state index in [4.69, 9.17) is 0 Å². The van der Waals surface area contributed by atoms with Crippen LogP contribution in [0.4, 0.5) is 4.39 Å². The van der Waals surface area contributed by atoms with Gasteiger partial charge in [-0.15, -0.1) is 11.3 Å². The number of thiazole rings is 1. The van der Waals surface area contributed by atoms with Gasteiger partial charge in [0, 0.05) is 23.4 Å². The lowest BCUT2D eigenvalue weighted by Gasteiger charge is -2.43. The van der Waals surface area contributed by atoms with E-state index in [1.54, 1.807) is 17.4 Å². The van der Waals surface area contributed by atoms with E-state index in [9.17, 15) is 4.39 Å². The Labute approximate surface area is 116 Å². The molecule has 1 fully saturated rings. The molecule has 0 amide bonds. The summed E-state index contributed by atoms with van der Waals surface area (Å²) in [6.45, 7) is 3.93. The Morgan fingerprint density at radius 1 is 1.42 bits per heavy atom. The molecule has 4 heteroatoms. The highest BCUT2D eigenvalue weighted by Crippen LogP contribution is 2.34. The summed E-state index contributed by atoms with van der Waals surface area (Å²) in [6.07, 6.45) is 2.07. The monoisotopic (exact) mass is 276 g/mol. The van der Waals surface area contributed by atoms with Gasteiger partial charge in [-0.05, 0) is 37.5 Å². The number of hydrogen-bond donors (Lipinski definition) is 1. The van der Waals surface area contributed by atoms with Crippen LogP contribution in [0.2, 0.25) is 0 Å². The molecule has 1 aliphatic heterocycles. The lowest BCUT2D eigenvalue weighted by molar-refractivity contribution is 0.257. The average molecular weight is 276 g/mol. The molecule has 1 aromatic carbocycles. The first kappa shape index (κ1) is 12.8. The molecule has 2 nitrogen and oxygen atoms in total. The Hall–Kier alpha value is -1.26. The molecule has 2 heterocycles.